The van der Waals surface area contributed by atoms with E-state index < -0.39 is 0 Å². The molecule has 0 amide bonds. The maximum absolute atomic E-state index is 5.61. The molecule has 1 saturated carbocycles. The van der Waals surface area contributed by atoms with Crippen LogP contribution in [-0.2, 0) is 10.2 Å². The van der Waals surface area contributed by atoms with E-state index in [1.807, 2.05) is 0 Å². The number of rotatable bonds is 2. The van der Waals surface area contributed by atoms with Gasteiger partial charge in [0.05, 0.1) is 6.61 Å². The molecule has 1 aromatic heterocycles. The van der Waals surface area contributed by atoms with Crippen LogP contribution < -0.4 is 5.32 Å². The van der Waals surface area contributed by atoms with Gasteiger partial charge in [0.25, 0.3) is 5.89 Å². The van der Waals surface area contributed by atoms with Gasteiger partial charge in [-0.1, -0.05) is 24.9 Å². The standard InChI is InChI=1S/C12H19N3O2/c1-12(4-2-3-5-12)11-14-10(17-15-11)9-8-13-6-7-16-9/h9,13H,2-8H2,1H3. The number of nitrogens with zero attached hydrogens (tertiary/aromatic N) is 2. The van der Waals surface area contributed by atoms with E-state index in [0.717, 1.165) is 31.8 Å². The summed E-state index contributed by atoms with van der Waals surface area (Å²) in [7, 11) is 0. The van der Waals surface area contributed by atoms with Gasteiger partial charge in [0.1, 0.15) is 6.10 Å². The van der Waals surface area contributed by atoms with Crippen molar-refractivity contribution in [2.75, 3.05) is 19.7 Å². The van der Waals surface area contributed by atoms with Crippen molar-refractivity contribution in [2.45, 2.75) is 44.1 Å². The lowest BCUT2D eigenvalue weighted by Gasteiger charge is -2.20. The van der Waals surface area contributed by atoms with Crippen LogP contribution in [0.2, 0.25) is 0 Å². The van der Waals surface area contributed by atoms with Crippen molar-refractivity contribution in [3.8, 4) is 0 Å². The van der Waals surface area contributed by atoms with Crippen LogP contribution in [-0.4, -0.2) is 29.8 Å². The van der Waals surface area contributed by atoms with Gasteiger partial charge in [0.15, 0.2) is 5.82 Å². The van der Waals surface area contributed by atoms with Crippen LogP contribution in [0.3, 0.4) is 0 Å². The zero-order chi connectivity index (χ0) is 11.7. The second-order valence-corrected chi connectivity index (χ2v) is 5.29. The molecular weight excluding hydrogens is 218 g/mol. The molecule has 0 aromatic carbocycles. The van der Waals surface area contributed by atoms with Crippen molar-refractivity contribution in [3.63, 3.8) is 0 Å². The van der Waals surface area contributed by atoms with Crippen molar-refractivity contribution in [3.05, 3.63) is 11.7 Å². The molecule has 1 saturated heterocycles. The van der Waals surface area contributed by atoms with Gasteiger partial charge in [-0.25, -0.2) is 0 Å². The molecule has 0 spiro atoms. The minimum Gasteiger partial charge on any atom is -0.366 e. The van der Waals surface area contributed by atoms with E-state index in [2.05, 4.69) is 22.4 Å². The Morgan fingerprint density at radius 2 is 2.18 bits per heavy atom. The second-order valence-electron chi connectivity index (χ2n) is 5.29. The molecule has 17 heavy (non-hydrogen) atoms. The molecule has 1 N–H and O–H groups in total. The van der Waals surface area contributed by atoms with Crippen LogP contribution in [0.5, 0.6) is 0 Å². The van der Waals surface area contributed by atoms with Crippen LogP contribution in [0, 0.1) is 0 Å². The molecule has 2 aliphatic rings. The van der Waals surface area contributed by atoms with Crippen LogP contribution in [0.1, 0.15) is 50.4 Å². The van der Waals surface area contributed by atoms with Crippen LogP contribution >= 0.6 is 0 Å². The van der Waals surface area contributed by atoms with Crippen molar-refractivity contribution < 1.29 is 9.26 Å². The summed E-state index contributed by atoms with van der Waals surface area (Å²) < 4.78 is 11.0. The topological polar surface area (TPSA) is 60.2 Å². The lowest BCUT2D eigenvalue weighted by Crippen LogP contribution is -2.33. The lowest BCUT2D eigenvalue weighted by atomic mass is 9.88. The van der Waals surface area contributed by atoms with Crippen LogP contribution in [0.15, 0.2) is 4.52 Å². The summed E-state index contributed by atoms with van der Waals surface area (Å²) in [4.78, 5) is 4.54. The smallest absolute Gasteiger partial charge is 0.257 e. The molecule has 3 rings (SSSR count). The van der Waals surface area contributed by atoms with Gasteiger partial charge in [-0.3, -0.25) is 0 Å². The van der Waals surface area contributed by atoms with Crippen molar-refractivity contribution in [1.82, 2.24) is 15.5 Å². The highest BCUT2D eigenvalue weighted by molar-refractivity contribution is 5.08. The molecular formula is C12H19N3O2. The highest BCUT2D eigenvalue weighted by atomic mass is 16.5. The number of aromatic nitrogens is 2. The van der Waals surface area contributed by atoms with E-state index in [4.69, 9.17) is 9.26 Å². The van der Waals surface area contributed by atoms with Gasteiger partial charge < -0.3 is 14.6 Å². The van der Waals surface area contributed by atoms with Crippen LogP contribution in [0.25, 0.3) is 0 Å². The van der Waals surface area contributed by atoms with Gasteiger partial charge in [0, 0.05) is 18.5 Å². The fourth-order valence-corrected chi connectivity index (χ4v) is 2.71. The van der Waals surface area contributed by atoms with Gasteiger partial charge in [-0.15, -0.1) is 0 Å². The van der Waals surface area contributed by atoms with E-state index in [1.165, 1.54) is 12.8 Å². The molecule has 1 aliphatic heterocycles. The molecule has 1 aromatic rings. The zero-order valence-electron chi connectivity index (χ0n) is 10.2. The minimum atomic E-state index is -0.0741. The average molecular weight is 237 g/mol. The number of hydrogen-bond donors (Lipinski definition) is 1. The SMILES string of the molecule is CC1(c2noc(C3CNCCO3)n2)CCCC1. The Balaban J connectivity index is 1.77. The highest BCUT2D eigenvalue weighted by Crippen LogP contribution is 2.39. The van der Waals surface area contributed by atoms with Gasteiger partial charge >= 0.3 is 0 Å². The zero-order valence-corrected chi connectivity index (χ0v) is 10.2. The Kier molecular flexibility index (Phi) is 2.88. The largest absolute Gasteiger partial charge is 0.366 e. The molecule has 1 unspecified atom stereocenters. The van der Waals surface area contributed by atoms with E-state index >= 15 is 0 Å². The van der Waals surface area contributed by atoms with Gasteiger partial charge in [-0.05, 0) is 12.8 Å². The normalized spacial score (nSPS) is 28.4. The molecule has 0 bridgehead atoms. The average Bonchev–Trinajstić information content (AvgIpc) is 2.99. The number of ether oxygens (including phenoxy) is 1. The lowest BCUT2D eigenvalue weighted by molar-refractivity contribution is 0.00755. The first-order valence-electron chi connectivity index (χ1n) is 6.44. The first kappa shape index (κ1) is 11.2. The summed E-state index contributed by atoms with van der Waals surface area (Å²) >= 11 is 0. The molecule has 2 fully saturated rings. The predicted octanol–water partition coefficient (Wildman–Crippen LogP) is 1.56. The predicted molar refractivity (Wildman–Crippen MR) is 61.7 cm³/mol. The number of morpholine rings is 1. The molecule has 2 heterocycles. The minimum absolute atomic E-state index is 0.0741. The van der Waals surface area contributed by atoms with Crippen molar-refractivity contribution >= 4 is 0 Å². The first-order valence-corrected chi connectivity index (χ1v) is 6.44. The Bertz CT molecular complexity index is 379. The summed E-state index contributed by atoms with van der Waals surface area (Å²) in [5.41, 5.74) is 0.115. The number of nitrogens with one attached hydrogen (secondary N) is 1. The fraction of sp³-hybridized carbons (Fsp3) is 0.833. The van der Waals surface area contributed by atoms with E-state index in [-0.39, 0.29) is 11.5 Å². The molecule has 94 valence electrons. The molecule has 5 heteroatoms. The molecule has 5 nitrogen and oxygen atoms in total. The van der Waals surface area contributed by atoms with E-state index in [1.54, 1.807) is 0 Å². The summed E-state index contributed by atoms with van der Waals surface area (Å²) in [5, 5.41) is 7.42. The van der Waals surface area contributed by atoms with E-state index in [9.17, 15) is 0 Å². The maximum atomic E-state index is 5.61. The monoisotopic (exact) mass is 237 g/mol. The van der Waals surface area contributed by atoms with Crippen molar-refractivity contribution in [1.29, 1.82) is 0 Å². The van der Waals surface area contributed by atoms with E-state index in [0.29, 0.717) is 12.5 Å². The Labute approximate surface area is 101 Å². The summed E-state index contributed by atoms with van der Waals surface area (Å²) in [6, 6.07) is 0. The third-order valence-corrected chi connectivity index (χ3v) is 3.89. The summed E-state index contributed by atoms with van der Waals surface area (Å²) in [6.45, 7) is 4.60. The molecule has 1 aliphatic carbocycles. The van der Waals surface area contributed by atoms with Crippen LogP contribution in [0.4, 0.5) is 0 Å². The highest BCUT2D eigenvalue weighted by Gasteiger charge is 2.36. The summed E-state index contributed by atoms with van der Waals surface area (Å²) in [6.07, 6.45) is 4.78. The second kappa shape index (κ2) is 4.38. The molecule has 0 radical (unpaired) electrons. The number of hydrogen-bond acceptors (Lipinski definition) is 5. The van der Waals surface area contributed by atoms with Gasteiger partial charge in [-0.2, -0.15) is 4.98 Å². The fourth-order valence-electron chi connectivity index (χ4n) is 2.71. The third kappa shape index (κ3) is 2.09. The quantitative estimate of drug-likeness (QED) is 0.846. The maximum Gasteiger partial charge on any atom is 0.257 e. The third-order valence-electron chi connectivity index (χ3n) is 3.89. The van der Waals surface area contributed by atoms with Crippen molar-refractivity contribution in [2.24, 2.45) is 0 Å². The Hall–Kier alpha value is -0.940. The Morgan fingerprint density at radius 1 is 1.35 bits per heavy atom. The molecule has 1 atom stereocenters. The van der Waals surface area contributed by atoms with Gasteiger partial charge in [0.2, 0.25) is 0 Å². The summed E-state index contributed by atoms with van der Waals surface area (Å²) in [5.74, 6) is 1.49. The first-order chi connectivity index (χ1) is 8.28. The Morgan fingerprint density at radius 3 is 2.88 bits per heavy atom.